The number of rotatable bonds is 5. The molecule has 2 aromatic carbocycles. The summed E-state index contributed by atoms with van der Waals surface area (Å²) in [5.74, 6) is -9.77. The minimum Gasteiger partial charge on any atom is -0.384 e. The van der Waals surface area contributed by atoms with E-state index >= 15 is 4.39 Å². The standard InChI is InChI=1S/C24H23F5N4O2/c1-11(13-7-6-8-15(19(13)25)24(28,29)22(3,4)35)30-20-14-9-18-16(10-17(14)31-12(2)32-20)23(26,27)21(34)33(18)5/h6-11,35H,1-5H3,(H,30,31,32)/t11-/m1/s1. The van der Waals surface area contributed by atoms with Crippen LogP contribution in [-0.2, 0) is 16.6 Å². The fourth-order valence-electron chi connectivity index (χ4n) is 4.09. The van der Waals surface area contributed by atoms with Gasteiger partial charge in [0.15, 0.2) is 0 Å². The predicted octanol–water partition coefficient (Wildman–Crippen LogP) is 5.18. The molecule has 2 N–H and O–H groups in total. The van der Waals surface area contributed by atoms with E-state index in [0.29, 0.717) is 0 Å². The van der Waals surface area contributed by atoms with Gasteiger partial charge >= 0.3 is 17.8 Å². The van der Waals surface area contributed by atoms with Gasteiger partial charge in [-0.1, -0.05) is 12.1 Å². The molecule has 2 heterocycles. The van der Waals surface area contributed by atoms with E-state index in [0.717, 1.165) is 30.9 Å². The zero-order chi connectivity index (χ0) is 26.1. The number of carbonyl (C=O) groups is 1. The number of aryl methyl sites for hydroxylation is 1. The van der Waals surface area contributed by atoms with Crippen molar-refractivity contribution in [2.24, 2.45) is 0 Å². The van der Waals surface area contributed by atoms with Crippen molar-refractivity contribution in [2.75, 3.05) is 17.3 Å². The van der Waals surface area contributed by atoms with Crippen molar-refractivity contribution < 1.29 is 31.9 Å². The van der Waals surface area contributed by atoms with Crippen LogP contribution in [-0.4, -0.2) is 33.6 Å². The molecule has 1 amide bonds. The fourth-order valence-corrected chi connectivity index (χ4v) is 4.09. The summed E-state index contributed by atoms with van der Waals surface area (Å²) in [5.41, 5.74) is -3.95. The second-order valence-electron chi connectivity index (χ2n) is 9.15. The zero-order valence-corrected chi connectivity index (χ0v) is 19.6. The summed E-state index contributed by atoms with van der Waals surface area (Å²) < 4.78 is 73.5. The largest absolute Gasteiger partial charge is 0.384 e. The lowest BCUT2D eigenvalue weighted by Crippen LogP contribution is -2.41. The summed E-state index contributed by atoms with van der Waals surface area (Å²) >= 11 is 0. The summed E-state index contributed by atoms with van der Waals surface area (Å²) in [7, 11) is 1.22. The minimum absolute atomic E-state index is 0.0198. The van der Waals surface area contributed by atoms with Gasteiger partial charge in [0.1, 0.15) is 23.1 Å². The number of benzene rings is 2. The molecule has 1 aromatic heterocycles. The van der Waals surface area contributed by atoms with Crippen LogP contribution in [0.5, 0.6) is 0 Å². The molecule has 0 saturated heterocycles. The van der Waals surface area contributed by atoms with Crippen molar-refractivity contribution in [3.8, 4) is 0 Å². The molecule has 0 fully saturated rings. The lowest BCUT2D eigenvalue weighted by Gasteiger charge is -2.30. The monoisotopic (exact) mass is 494 g/mol. The van der Waals surface area contributed by atoms with Crippen LogP contribution in [0.15, 0.2) is 30.3 Å². The summed E-state index contributed by atoms with van der Waals surface area (Å²) in [6.45, 7) is 4.83. The Morgan fingerprint density at radius 2 is 1.83 bits per heavy atom. The Bertz CT molecular complexity index is 1350. The zero-order valence-electron chi connectivity index (χ0n) is 19.6. The number of aromatic nitrogens is 2. The quantitative estimate of drug-likeness (QED) is 0.478. The fraction of sp³-hybridized carbons (Fsp3) is 0.375. The summed E-state index contributed by atoms with van der Waals surface area (Å²) in [6.07, 6.45) is 0. The normalized spacial score (nSPS) is 16.5. The molecule has 11 heteroatoms. The van der Waals surface area contributed by atoms with E-state index in [4.69, 9.17) is 0 Å². The predicted molar refractivity (Wildman–Crippen MR) is 120 cm³/mol. The van der Waals surface area contributed by atoms with Crippen LogP contribution < -0.4 is 10.2 Å². The lowest BCUT2D eigenvalue weighted by atomic mass is 9.91. The van der Waals surface area contributed by atoms with Gasteiger partial charge in [-0.3, -0.25) is 4.79 Å². The second-order valence-corrected chi connectivity index (χ2v) is 9.15. The van der Waals surface area contributed by atoms with Crippen LogP contribution >= 0.6 is 0 Å². The van der Waals surface area contributed by atoms with Crippen molar-refractivity contribution in [1.82, 2.24) is 9.97 Å². The van der Waals surface area contributed by atoms with Crippen molar-refractivity contribution in [3.05, 3.63) is 58.7 Å². The first kappa shape index (κ1) is 24.8. The molecule has 0 aliphatic carbocycles. The molecule has 1 aliphatic heterocycles. The summed E-state index contributed by atoms with van der Waals surface area (Å²) in [6, 6.07) is 5.04. The van der Waals surface area contributed by atoms with Gasteiger partial charge in [0.2, 0.25) is 0 Å². The SMILES string of the molecule is Cc1nc(N[C@H](C)c2cccc(C(F)(F)C(C)(C)O)c2F)c2cc3c(cc2n1)C(F)(F)C(=O)N3C. The van der Waals surface area contributed by atoms with Crippen molar-refractivity contribution in [3.63, 3.8) is 0 Å². The average molecular weight is 494 g/mol. The number of carbonyl (C=O) groups excluding carboxylic acids is 1. The molecule has 3 aromatic rings. The van der Waals surface area contributed by atoms with E-state index in [1.165, 1.54) is 39.1 Å². The number of halogens is 5. The molecule has 1 atom stereocenters. The molecular formula is C24H23F5N4O2. The number of anilines is 2. The smallest absolute Gasteiger partial charge is 0.352 e. The molecule has 35 heavy (non-hydrogen) atoms. The molecule has 1 aliphatic rings. The lowest BCUT2D eigenvalue weighted by molar-refractivity contribution is -0.170. The molecule has 0 unspecified atom stereocenters. The van der Waals surface area contributed by atoms with Gasteiger partial charge < -0.3 is 15.3 Å². The molecule has 0 spiro atoms. The van der Waals surface area contributed by atoms with Gasteiger partial charge in [0.25, 0.3) is 0 Å². The number of nitrogens with zero attached hydrogens (tertiary/aromatic N) is 3. The van der Waals surface area contributed by atoms with Crippen molar-refractivity contribution >= 4 is 28.3 Å². The third-order valence-corrected chi connectivity index (χ3v) is 6.15. The van der Waals surface area contributed by atoms with Crippen LogP contribution in [0.1, 0.15) is 49.3 Å². The number of amides is 1. The van der Waals surface area contributed by atoms with Crippen LogP contribution in [0.4, 0.5) is 33.5 Å². The summed E-state index contributed by atoms with van der Waals surface area (Å²) in [5, 5.41) is 13.1. The van der Waals surface area contributed by atoms with Crippen LogP contribution in [0, 0.1) is 12.7 Å². The van der Waals surface area contributed by atoms with E-state index in [2.05, 4.69) is 15.3 Å². The Hall–Kier alpha value is -3.34. The summed E-state index contributed by atoms with van der Waals surface area (Å²) in [4.78, 5) is 21.3. The van der Waals surface area contributed by atoms with E-state index in [1.807, 2.05) is 0 Å². The number of hydrogen-bond acceptors (Lipinski definition) is 5. The maximum Gasteiger partial charge on any atom is 0.352 e. The van der Waals surface area contributed by atoms with E-state index in [-0.39, 0.29) is 33.8 Å². The van der Waals surface area contributed by atoms with Crippen molar-refractivity contribution in [1.29, 1.82) is 0 Å². The Labute approximate surface area is 197 Å². The number of hydrogen-bond donors (Lipinski definition) is 2. The maximum atomic E-state index is 15.2. The number of aliphatic hydroxyl groups is 1. The first-order valence-corrected chi connectivity index (χ1v) is 10.7. The highest BCUT2D eigenvalue weighted by Gasteiger charge is 2.52. The van der Waals surface area contributed by atoms with Gasteiger partial charge in [0, 0.05) is 18.0 Å². The third-order valence-electron chi connectivity index (χ3n) is 6.15. The first-order chi connectivity index (χ1) is 16.1. The van der Waals surface area contributed by atoms with Gasteiger partial charge in [-0.2, -0.15) is 17.6 Å². The molecule has 186 valence electrons. The highest BCUT2D eigenvalue weighted by atomic mass is 19.3. The van der Waals surface area contributed by atoms with Gasteiger partial charge in [0.05, 0.1) is 28.4 Å². The average Bonchev–Trinajstić information content (AvgIpc) is 2.91. The third kappa shape index (κ3) is 3.78. The van der Waals surface area contributed by atoms with Gasteiger partial charge in [-0.25, -0.2) is 14.4 Å². The van der Waals surface area contributed by atoms with Crippen LogP contribution in [0.2, 0.25) is 0 Å². The van der Waals surface area contributed by atoms with Crippen LogP contribution in [0.25, 0.3) is 10.9 Å². The molecule has 0 saturated carbocycles. The topological polar surface area (TPSA) is 78.4 Å². The Morgan fingerprint density at radius 3 is 2.46 bits per heavy atom. The number of nitrogens with one attached hydrogen (secondary N) is 1. The first-order valence-electron chi connectivity index (χ1n) is 10.7. The Balaban J connectivity index is 1.79. The van der Waals surface area contributed by atoms with E-state index in [9.17, 15) is 27.5 Å². The number of likely N-dealkylation sites (N-methyl/N-ethyl adjacent to an activating group) is 1. The maximum absolute atomic E-state index is 15.2. The molecule has 4 rings (SSSR count). The molecule has 0 bridgehead atoms. The van der Waals surface area contributed by atoms with E-state index < -0.39 is 46.3 Å². The Kier molecular flexibility index (Phi) is 5.55. The highest BCUT2D eigenvalue weighted by molar-refractivity contribution is 6.08. The molecule has 6 nitrogen and oxygen atoms in total. The minimum atomic E-state index is -3.87. The molecular weight excluding hydrogens is 471 g/mol. The van der Waals surface area contributed by atoms with Gasteiger partial charge in [-0.05, 0) is 45.9 Å². The van der Waals surface area contributed by atoms with Crippen molar-refractivity contribution in [2.45, 2.75) is 51.2 Å². The van der Waals surface area contributed by atoms with Gasteiger partial charge in [-0.15, -0.1) is 0 Å². The van der Waals surface area contributed by atoms with Crippen LogP contribution in [0.3, 0.4) is 0 Å². The van der Waals surface area contributed by atoms with E-state index in [1.54, 1.807) is 0 Å². The number of fused-ring (bicyclic) bond motifs is 2. The Morgan fingerprint density at radius 1 is 1.17 bits per heavy atom. The second kappa shape index (κ2) is 7.84. The molecule has 0 radical (unpaired) electrons. The highest BCUT2D eigenvalue weighted by Crippen LogP contribution is 2.46. The number of alkyl halides is 4.